The molecular weight excluding hydrogens is 460 g/mol. The first-order valence-electron chi connectivity index (χ1n) is 12.5. The van der Waals surface area contributed by atoms with Crippen molar-refractivity contribution in [2.75, 3.05) is 5.32 Å². The number of nitrogens with zero attached hydrogens (tertiary/aromatic N) is 2. The highest BCUT2D eigenvalue weighted by molar-refractivity contribution is 5.98. The Kier molecular flexibility index (Phi) is 4.92. The number of carbonyl (C=O) groups is 1. The molecule has 1 unspecified atom stereocenters. The zero-order valence-electron chi connectivity index (χ0n) is 20.0. The van der Waals surface area contributed by atoms with Gasteiger partial charge in [-0.25, -0.2) is 4.98 Å². The van der Waals surface area contributed by atoms with E-state index in [1.54, 1.807) is 4.57 Å². The minimum absolute atomic E-state index is 0.0968. The third-order valence-electron chi connectivity index (χ3n) is 7.21. The number of nitrogens with one attached hydrogen (secondary N) is 2. The van der Waals surface area contributed by atoms with Crippen LogP contribution in [0.2, 0.25) is 0 Å². The molecule has 6 aromatic rings. The summed E-state index contributed by atoms with van der Waals surface area (Å²) in [6.07, 6.45) is 1.81. The van der Waals surface area contributed by atoms with Gasteiger partial charge in [0.2, 0.25) is 5.91 Å². The zero-order valence-corrected chi connectivity index (χ0v) is 20.0. The zero-order chi connectivity index (χ0) is 24.9. The number of aromatic nitrogens is 3. The minimum Gasteiger partial charge on any atom is -0.353 e. The molecule has 1 fully saturated rings. The molecule has 0 bridgehead atoms. The molecule has 4 aromatic carbocycles. The van der Waals surface area contributed by atoms with Crippen molar-refractivity contribution in [2.24, 2.45) is 5.92 Å². The van der Waals surface area contributed by atoms with E-state index in [1.807, 2.05) is 97.1 Å². The second-order valence-electron chi connectivity index (χ2n) is 9.73. The monoisotopic (exact) mass is 484 g/mol. The van der Waals surface area contributed by atoms with Crippen molar-refractivity contribution in [1.82, 2.24) is 14.5 Å². The van der Waals surface area contributed by atoms with Crippen LogP contribution in [-0.4, -0.2) is 20.4 Å². The average Bonchev–Trinajstić information content (AvgIpc) is 3.66. The topological polar surface area (TPSA) is 79.8 Å². The minimum atomic E-state index is -0.630. The van der Waals surface area contributed by atoms with E-state index in [0.717, 1.165) is 40.2 Å². The summed E-state index contributed by atoms with van der Waals surface area (Å²) < 4.78 is 1.66. The van der Waals surface area contributed by atoms with Gasteiger partial charge in [-0.15, -0.1) is 0 Å². The quantitative estimate of drug-likeness (QED) is 0.302. The van der Waals surface area contributed by atoms with E-state index >= 15 is 0 Å². The summed E-state index contributed by atoms with van der Waals surface area (Å²) in [6, 6.07) is 30.7. The predicted octanol–water partition coefficient (Wildman–Crippen LogP) is 6.29. The number of fused-ring (bicyclic) bond motifs is 3. The number of anilines is 1. The van der Waals surface area contributed by atoms with Crippen molar-refractivity contribution in [1.29, 1.82) is 0 Å². The molecule has 1 saturated carbocycles. The lowest BCUT2D eigenvalue weighted by Crippen LogP contribution is -2.36. The van der Waals surface area contributed by atoms with Gasteiger partial charge in [-0.2, -0.15) is 0 Å². The summed E-state index contributed by atoms with van der Waals surface area (Å²) in [6.45, 7) is 0. The highest BCUT2D eigenvalue weighted by atomic mass is 16.2. The molecule has 0 saturated heterocycles. The van der Waals surface area contributed by atoms with Crippen molar-refractivity contribution in [2.45, 2.75) is 18.9 Å². The van der Waals surface area contributed by atoms with Crippen LogP contribution in [-0.2, 0) is 4.79 Å². The number of para-hydroxylation sites is 3. The van der Waals surface area contributed by atoms with E-state index in [0.29, 0.717) is 22.4 Å². The van der Waals surface area contributed by atoms with Crippen LogP contribution < -0.4 is 10.9 Å². The van der Waals surface area contributed by atoms with Gasteiger partial charge in [0.15, 0.2) is 5.69 Å². The Morgan fingerprint density at radius 3 is 2.41 bits per heavy atom. The maximum absolute atomic E-state index is 14.1. The SMILES string of the molecule is O=C(Nc1ccc2ccccc2c1)C(C1CC1)n1c(=O)c(-c2cc3ccccc3[nH]2)nc2ccccc21. The van der Waals surface area contributed by atoms with Crippen LogP contribution in [0.25, 0.3) is 44.1 Å². The van der Waals surface area contributed by atoms with Crippen LogP contribution in [0.1, 0.15) is 18.9 Å². The highest BCUT2D eigenvalue weighted by Crippen LogP contribution is 2.41. The Balaban J connectivity index is 1.36. The second kappa shape index (κ2) is 8.45. The van der Waals surface area contributed by atoms with Gasteiger partial charge in [0.25, 0.3) is 5.56 Å². The lowest BCUT2D eigenvalue weighted by molar-refractivity contribution is -0.119. The molecule has 6 nitrogen and oxygen atoms in total. The summed E-state index contributed by atoms with van der Waals surface area (Å²) in [4.78, 5) is 36.0. The fourth-order valence-electron chi connectivity index (χ4n) is 5.24. The van der Waals surface area contributed by atoms with Gasteiger partial charge >= 0.3 is 0 Å². The van der Waals surface area contributed by atoms with Crippen molar-refractivity contribution < 1.29 is 4.79 Å². The predicted molar refractivity (Wildman–Crippen MR) is 148 cm³/mol. The summed E-state index contributed by atoms with van der Waals surface area (Å²) in [5.41, 5.74) is 3.70. The van der Waals surface area contributed by atoms with Crippen LogP contribution in [0.3, 0.4) is 0 Å². The van der Waals surface area contributed by atoms with Crippen LogP contribution in [0.4, 0.5) is 5.69 Å². The van der Waals surface area contributed by atoms with E-state index in [9.17, 15) is 9.59 Å². The standard InChI is InChI=1S/C31H24N4O2/c36-30(32-23-16-15-19-7-1-2-8-21(19)17-23)29(20-13-14-20)35-27-12-6-5-11-25(27)34-28(31(35)37)26-18-22-9-3-4-10-24(22)33-26/h1-12,15-18,20,29,33H,13-14H2,(H,32,36). The lowest BCUT2D eigenvalue weighted by Gasteiger charge is -2.22. The molecule has 0 aliphatic heterocycles. The Labute approximate surface area is 212 Å². The van der Waals surface area contributed by atoms with E-state index in [1.165, 1.54) is 0 Å². The average molecular weight is 485 g/mol. The molecule has 0 radical (unpaired) electrons. The fourth-order valence-corrected chi connectivity index (χ4v) is 5.24. The van der Waals surface area contributed by atoms with Crippen LogP contribution in [0.15, 0.2) is 102 Å². The maximum Gasteiger partial charge on any atom is 0.279 e. The second-order valence-corrected chi connectivity index (χ2v) is 9.73. The molecule has 180 valence electrons. The molecule has 2 aromatic heterocycles. The van der Waals surface area contributed by atoms with Gasteiger partial charge in [0.1, 0.15) is 6.04 Å². The fraction of sp³-hybridized carbons (Fsp3) is 0.129. The largest absolute Gasteiger partial charge is 0.353 e. The maximum atomic E-state index is 14.1. The Hall–Kier alpha value is -4.71. The molecule has 1 amide bonds. The van der Waals surface area contributed by atoms with Crippen molar-refractivity contribution >= 4 is 44.3 Å². The molecular formula is C31H24N4O2. The van der Waals surface area contributed by atoms with Gasteiger partial charge in [0, 0.05) is 16.6 Å². The Bertz CT molecular complexity index is 1850. The first kappa shape index (κ1) is 21.6. The Morgan fingerprint density at radius 1 is 0.865 bits per heavy atom. The lowest BCUT2D eigenvalue weighted by atomic mass is 10.1. The number of aromatic amines is 1. The van der Waals surface area contributed by atoms with Gasteiger partial charge in [0.05, 0.1) is 16.7 Å². The highest BCUT2D eigenvalue weighted by Gasteiger charge is 2.39. The third kappa shape index (κ3) is 3.78. The number of benzene rings is 4. The molecule has 2 N–H and O–H groups in total. The van der Waals surface area contributed by atoms with Gasteiger partial charge < -0.3 is 10.3 Å². The molecule has 0 spiro atoms. The molecule has 37 heavy (non-hydrogen) atoms. The molecule has 7 rings (SSSR count). The number of hydrogen-bond donors (Lipinski definition) is 2. The molecule has 2 heterocycles. The molecule has 1 aliphatic rings. The van der Waals surface area contributed by atoms with Crippen LogP contribution in [0, 0.1) is 5.92 Å². The number of H-pyrrole nitrogens is 1. The summed E-state index contributed by atoms with van der Waals surface area (Å²) in [5.74, 6) is -0.0849. The summed E-state index contributed by atoms with van der Waals surface area (Å²) in [5, 5.41) is 6.27. The van der Waals surface area contributed by atoms with Crippen molar-refractivity contribution in [3.8, 4) is 11.4 Å². The summed E-state index contributed by atoms with van der Waals surface area (Å²) >= 11 is 0. The van der Waals surface area contributed by atoms with Crippen molar-refractivity contribution in [3.05, 3.63) is 107 Å². The summed E-state index contributed by atoms with van der Waals surface area (Å²) in [7, 11) is 0. The number of amides is 1. The van der Waals surface area contributed by atoms with E-state index in [2.05, 4.69) is 10.3 Å². The van der Waals surface area contributed by atoms with E-state index < -0.39 is 6.04 Å². The molecule has 1 aliphatic carbocycles. The normalized spacial score (nSPS) is 14.3. The van der Waals surface area contributed by atoms with Gasteiger partial charge in [-0.05, 0) is 65.9 Å². The molecule has 1 atom stereocenters. The Morgan fingerprint density at radius 2 is 1.59 bits per heavy atom. The van der Waals surface area contributed by atoms with Crippen molar-refractivity contribution in [3.63, 3.8) is 0 Å². The van der Waals surface area contributed by atoms with Crippen LogP contribution >= 0.6 is 0 Å². The third-order valence-corrected chi connectivity index (χ3v) is 7.21. The van der Waals surface area contributed by atoms with Gasteiger partial charge in [-0.3, -0.25) is 14.2 Å². The van der Waals surface area contributed by atoms with E-state index in [-0.39, 0.29) is 17.4 Å². The molecule has 6 heteroatoms. The van der Waals surface area contributed by atoms with Crippen LogP contribution in [0.5, 0.6) is 0 Å². The number of hydrogen-bond acceptors (Lipinski definition) is 3. The first-order valence-corrected chi connectivity index (χ1v) is 12.5. The van der Waals surface area contributed by atoms with Gasteiger partial charge in [-0.1, -0.05) is 60.7 Å². The number of rotatable bonds is 5. The number of carbonyl (C=O) groups excluding carboxylic acids is 1. The van der Waals surface area contributed by atoms with E-state index in [4.69, 9.17) is 4.98 Å². The smallest absolute Gasteiger partial charge is 0.279 e. The first-order chi connectivity index (χ1) is 18.2.